The second kappa shape index (κ2) is 6.19. The smallest absolute Gasteiger partial charge is 0.266 e. The Kier molecular flexibility index (Phi) is 3.67. The zero-order valence-corrected chi connectivity index (χ0v) is 14.7. The van der Waals surface area contributed by atoms with Gasteiger partial charge in [0.05, 0.1) is 10.9 Å². The summed E-state index contributed by atoms with van der Waals surface area (Å²) in [4.78, 5) is 21.9. The maximum atomic E-state index is 13.0. The van der Waals surface area contributed by atoms with Crippen molar-refractivity contribution in [2.45, 2.75) is 38.0 Å². The van der Waals surface area contributed by atoms with Crippen molar-refractivity contribution < 1.29 is 5.11 Å². The van der Waals surface area contributed by atoms with Gasteiger partial charge in [0, 0.05) is 24.0 Å². The summed E-state index contributed by atoms with van der Waals surface area (Å²) < 4.78 is 3.22. The Hall–Kier alpha value is -3.22. The average molecular weight is 361 g/mol. The number of aromatic hydroxyl groups is 1. The van der Waals surface area contributed by atoms with Gasteiger partial charge in [-0.15, -0.1) is 5.10 Å². The Balaban J connectivity index is 1.65. The summed E-state index contributed by atoms with van der Waals surface area (Å²) >= 11 is 0. The van der Waals surface area contributed by atoms with Crippen molar-refractivity contribution in [2.24, 2.45) is 0 Å². The maximum absolute atomic E-state index is 13.0. The highest BCUT2D eigenvalue weighted by atomic mass is 16.3. The molecule has 1 saturated carbocycles. The summed E-state index contributed by atoms with van der Waals surface area (Å²) in [6, 6.07) is 8.37. The number of fused-ring (bicyclic) bond motifs is 3. The molecule has 0 atom stereocenters. The van der Waals surface area contributed by atoms with Crippen molar-refractivity contribution >= 4 is 16.7 Å². The van der Waals surface area contributed by atoms with Crippen LogP contribution in [0.2, 0.25) is 0 Å². The van der Waals surface area contributed by atoms with E-state index in [-0.39, 0.29) is 11.3 Å². The van der Waals surface area contributed by atoms with Crippen molar-refractivity contribution in [3.8, 4) is 11.4 Å². The molecule has 27 heavy (non-hydrogen) atoms. The minimum atomic E-state index is -0.178. The first kappa shape index (κ1) is 16.0. The molecule has 0 unspecified atom stereocenters. The zero-order chi connectivity index (χ0) is 18.4. The third-order valence-corrected chi connectivity index (χ3v) is 5.35. The summed E-state index contributed by atoms with van der Waals surface area (Å²) in [5, 5.41) is 14.6. The molecule has 7 nitrogen and oxygen atoms in total. The molecule has 0 aliphatic heterocycles. The molecule has 3 aromatic heterocycles. The van der Waals surface area contributed by atoms with Crippen LogP contribution in [0.25, 0.3) is 22.4 Å². The van der Waals surface area contributed by atoms with Gasteiger partial charge < -0.3 is 5.11 Å². The number of phenols is 1. The molecule has 136 valence electrons. The molecule has 0 saturated heterocycles. The number of pyridine rings is 1. The van der Waals surface area contributed by atoms with Crippen LogP contribution < -0.4 is 5.56 Å². The van der Waals surface area contributed by atoms with Gasteiger partial charge in [-0.05, 0) is 43.2 Å². The lowest BCUT2D eigenvalue weighted by Gasteiger charge is -2.17. The fourth-order valence-electron chi connectivity index (χ4n) is 3.89. The molecule has 1 aromatic carbocycles. The highest BCUT2D eigenvalue weighted by Gasteiger charge is 2.21. The standard InChI is InChI=1S/C20H19N5O2/c26-15-8-6-14(7-9-15)24-11-10-17-16(19(24)27)12-21-20-22-18(23-25(17)20)13-4-2-1-3-5-13/h6-13,26H,1-5H2. The molecule has 0 spiro atoms. The molecule has 4 aromatic rings. The van der Waals surface area contributed by atoms with E-state index in [0.717, 1.165) is 18.7 Å². The fraction of sp³-hybridized carbons (Fsp3) is 0.300. The fourth-order valence-corrected chi connectivity index (χ4v) is 3.89. The summed E-state index contributed by atoms with van der Waals surface area (Å²) in [5.41, 5.74) is 1.21. The van der Waals surface area contributed by atoms with Crippen LogP contribution in [0.4, 0.5) is 0 Å². The molecule has 1 aliphatic rings. The Morgan fingerprint density at radius 1 is 1.04 bits per heavy atom. The van der Waals surface area contributed by atoms with E-state index >= 15 is 0 Å². The summed E-state index contributed by atoms with van der Waals surface area (Å²) in [7, 11) is 0. The van der Waals surface area contributed by atoms with Crippen LogP contribution in [0.5, 0.6) is 5.75 Å². The molecule has 0 bridgehead atoms. The topological polar surface area (TPSA) is 85.3 Å². The SMILES string of the molecule is O=c1c2cnc3nc(C4CCCCC4)nn3c2ccn1-c1ccc(O)cc1. The minimum absolute atomic E-state index is 0.161. The molecule has 1 N–H and O–H groups in total. The highest BCUT2D eigenvalue weighted by Crippen LogP contribution is 2.31. The number of benzene rings is 1. The Morgan fingerprint density at radius 3 is 2.59 bits per heavy atom. The van der Waals surface area contributed by atoms with Gasteiger partial charge in [0.1, 0.15) is 5.75 Å². The van der Waals surface area contributed by atoms with E-state index in [2.05, 4.69) is 15.1 Å². The maximum Gasteiger partial charge on any atom is 0.266 e. The lowest BCUT2D eigenvalue weighted by atomic mass is 9.89. The van der Waals surface area contributed by atoms with Crippen LogP contribution in [0.1, 0.15) is 43.8 Å². The largest absolute Gasteiger partial charge is 0.508 e. The van der Waals surface area contributed by atoms with E-state index in [4.69, 9.17) is 0 Å². The van der Waals surface area contributed by atoms with Crippen LogP contribution in [0, 0.1) is 0 Å². The predicted molar refractivity (Wildman–Crippen MR) is 101 cm³/mol. The van der Waals surface area contributed by atoms with Gasteiger partial charge in [0.2, 0.25) is 0 Å². The monoisotopic (exact) mass is 361 g/mol. The molecule has 1 aliphatic carbocycles. The first-order valence-electron chi connectivity index (χ1n) is 9.27. The van der Waals surface area contributed by atoms with Gasteiger partial charge in [0.25, 0.3) is 11.3 Å². The number of nitrogens with zero attached hydrogens (tertiary/aromatic N) is 5. The highest BCUT2D eigenvalue weighted by molar-refractivity contribution is 5.79. The minimum Gasteiger partial charge on any atom is -0.508 e. The average Bonchev–Trinajstić information content (AvgIpc) is 3.15. The van der Waals surface area contributed by atoms with E-state index in [0.29, 0.717) is 28.3 Å². The Labute approximate surface area is 154 Å². The number of phenolic OH excluding ortho intramolecular Hbond substituents is 1. The van der Waals surface area contributed by atoms with E-state index in [9.17, 15) is 9.90 Å². The summed E-state index contributed by atoms with van der Waals surface area (Å²) in [6.45, 7) is 0. The second-order valence-electron chi connectivity index (χ2n) is 7.08. The molecule has 1 fully saturated rings. The van der Waals surface area contributed by atoms with E-state index in [1.165, 1.54) is 23.8 Å². The van der Waals surface area contributed by atoms with Gasteiger partial charge in [-0.25, -0.2) is 4.98 Å². The van der Waals surface area contributed by atoms with Crippen LogP contribution in [-0.4, -0.2) is 29.3 Å². The van der Waals surface area contributed by atoms with Gasteiger partial charge in [-0.1, -0.05) is 19.3 Å². The number of rotatable bonds is 2. The third-order valence-electron chi connectivity index (χ3n) is 5.35. The van der Waals surface area contributed by atoms with Crippen molar-refractivity contribution in [3.05, 3.63) is 58.9 Å². The molecule has 3 heterocycles. The van der Waals surface area contributed by atoms with Gasteiger partial charge in [-0.3, -0.25) is 9.36 Å². The molecule has 0 amide bonds. The van der Waals surface area contributed by atoms with Crippen LogP contribution >= 0.6 is 0 Å². The molecular formula is C20H19N5O2. The number of hydrogen-bond acceptors (Lipinski definition) is 5. The van der Waals surface area contributed by atoms with E-state index in [1.807, 2.05) is 6.07 Å². The Bertz CT molecular complexity index is 1190. The van der Waals surface area contributed by atoms with Gasteiger partial charge in [0.15, 0.2) is 5.82 Å². The quantitative estimate of drug-likeness (QED) is 0.593. The van der Waals surface area contributed by atoms with Crippen molar-refractivity contribution in [2.75, 3.05) is 0 Å². The van der Waals surface area contributed by atoms with Crippen LogP contribution in [0.15, 0.2) is 47.5 Å². The Morgan fingerprint density at radius 2 is 1.81 bits per heavy atom. The number of hydrogen-bond donors (Lipinski definition) is 1. The summed E-state index contributed by atoms with van der Waals surface area (Å²) in [6.07, 6.45) is 9.23. The molecule has 0 radical (unpaired) electrons. The third kappa shape index (κ3) is 2.66. The predicted octanol–water partition coefficient (Wildman–Crippen LogP) is 3.18. The van der Waals surface area contributed by atoms with Crippen LogP contribution in [0.3, 0.4) is 0 Å². The van der Waals surface area contributed by atoms with Crippen molar-refractivity contribution in [1.29, 1.82) is 0 Å². The van der Waals surface area contributed by atoms with Gasteiger partial charge in [-0.2, -0.15) is 9.50 Å². The van der Waals surface area contributed by atoms with Gasteiger partial charge >= 0.3 is 0 Å². The van der Waals surface area contributed by atoms with E-state index < -0.39 is 0 Å². The molecule has 7 heteroatoms. The number of aromatic nitrogens is 5. The van der Waals surface area contributed by atoms with Crippen molar-refractivity contribution in [3.63, 3.8) is 0 Å². The van der Waals surface area contributed by atoms with Crippen LogP contribution in [-0.2, 0) is 0 Å². The first-order chi connectivity index (χ1) is 13.2. The summed E-state index contributed by atoms with van der Waals surface area (Å²) in [5.74, 6) is 1.91. The van der Waals surface area contributed by atoms with Crippen molar-refractivity contribution in [1.82, 2.24) is 24.1 Å². The normalized spacial score (nSPS) is 15.6. The second-order valence-corrected chi connectivity index (χ2v) is 7.08. The lowest BCUT2D eigenvalue weighted by molar-refractivity contribution is 0.429. The first-order valence-corrected chi connectivity index (χ1v) is 9.27. The molecular weight excluding hydrogens is 342 g/mol. The lowest BCUT2D eigenvalue weighted by Crippen LogP contribution is -2.18. The zero-order valence-electron chi connectivity index (χ0n) is 14.7. The molecule has 5 rings (SSSR count). The van der Waals surface area contributed by atoms with E-state index in [1.54, 1.807) is 41.2 Å².